The first-order valence-corrected chi connectivity index (χ1v) is 9.01. The van der Waals surface area contributed by atoms with Gasteiger partial charge in [-0.15, -0.1) is 10.2 Å². The number of carbonyl (C=O) groups excluding carboxylic acids is 2. The minimum atomic E-state index is -0.433. The molecule has 0 saturated heterocycles. The number of benzene rings is 1. The van der Waals surface area contributed by atoms with Crippen LogP contribution in [-0.4, -0.2) is 39.5 Å². The second-order valence-corrected chi connectivity index (χ2v) is 6.93. The van der Waals surface area contributed by atoms with Crippen molar-refractivity contribution in [1.29, 1.82) is 0 Å². The summed E-state index contributed by atoms with van der Waals surface area (Å²) in [4.78, 5) is 23.9. The highest BCUT2D eigenvalue weighted by Crippen LogP contribution is 2.38. The maximum Gasteiger partial charge on any atom is 0.337 e. The molecule has 0 bridgehead atoms. The standard InChI is InChI=1S/C17H20N4O3S/c1-10-4-5-12(16(23)24-3)8-14(10)18-15(22)9-25-17-20-19-11(2)21(17)13-6-7-13/h4-5,8,13H,6-7,9H2,1-3H3,(H,18,22). The Hall–Kier alpha value is -2.35. The zero-order chi connectivity index (χ0) is 18.0. The number of aryl methyl sites for hydroxylation is 2. The molecule has 1 aromatic heterocycles. The van der Waals surface area contributed by atoms with Gasteiger partial charge in [-0.05, 0) is 44.4 Å². The summed E-state index contributed by atoms with van der Waals surface area (Å²) in [6.07, 6.45) is 2.27. The van der Waals surface area contributed by atoms with Gasteiger partial charge < -0.3 is 14.6 Å². The molecular formula is C17H20N4O3S. The molecule has 1 fully saturated rings. The SMILES string of the molecule is COC(=O)c1ccc(C)c(NC(=O)CSc2nnc(C)n2C2CC2)c1. The number of nitrogens with zero attached hydrogens (tertiary/aromatic N) is 3. The molecule has 1 aliphatic rings. The molecule has 7 nitrogen and oxygen atoms in total. The van der Waals surface area contributed by atoms with Crippen LogP contribution in [0.25, 0.3) is 0 Å². The minimum Gasteiger partial charge on any atom is -0.465 e. The summed E-state index contributed by atoms with van der Waals surface area (Å²) >= 11 is 1.37. The molecule has 0 radical (unpaired) electrons. The lowest BCUT2D eigenvalue weighted by atomic mass is 10.1. The van der Waals surface area contributed by atoms with Gasteiger partial charge in [0, 0.05) is 11.7 Å². The highest BCUT2D eigenvalue weighted by molar-refractivity contribution is 7.99. The van der Waals surface area contributed by atoms with E-state index in [1.54, 1.807) is 18.2 Å². The molecule has 25 heavy (non-hydrogen) atoms. The van der Waals surface area contributed by atoms with Crippen molar-refractivity contribution in [3.63, 3.8) is 0 Å². The van der Waals surface area contributed by atoms with Crippen LogP contribution in [0.5, 0.6) is 0 Å². The molecule has 3 rings (SSSR count). The summed E-state index contributed by atoms with van der Waals surface area (Å²) in [6.45, 7) is 3.80. The Kier molecular flexibility index (Phi) is 5.08. The van der Waals surface area contributed by atoms with Crippen LogP contribution < -0.4 is 5.32 Å². The molecule has 8 heteroatoms. The smallest absolute Gasteiger partial charge is 0.337 e. The molecule has 1 aromatic carbocycles. The zero-order valence-corrected chi connectivity index (χ0v) is 15.2. The number of aromatic nitrogens is 3. The summed E-state index contributed by atoms with van der Waals surface area (Å²) in [5.74, 6) is 0.523. The van der Waals surface area contributed by atoms with E-state index in [0.717, 1.165) is 29.4 Å². The third-order valence-electron chi connectivity index (χ3n) is 4.01. The predicted octanol–water partition coefficient (Wildman–Crippen LogP) is 2.75. The lowest BCUT2D eigenvalue weighted by Gasteiger charge is -2.10. The van der Waals surface area contributed by atoms with Crippen molar-refractivity contribution in [3.8, 4) is 0 Å². The summed E-state index contributed by atoms with van der Waals surface area (Å²) < 4.78 is 6.81. The Morgan fingerprint density at radius 2 is 2.08 bits per heavy atom. The lowest BCUT2D eigenvalue weighted by Crippen LogP contribution is -2.16. The van der Waals surface area contributed by atoms with E-state index in [1.165, 1.54) is 18.9 Å². The summed E-state index contributed by atoms with van der Waals surface area (Å²) in [6, 6.07) is 5.55. The van der Waals surface area contributed by atoms with E-state index >= 15 is 0 Å². The maximum absolute atomic E-state index is 12.3. The second-order valence-electron chi connectivity index (χ2n) is 5.99. The van der Waals surface area contributed by atoms with Gasteiger partial charge in [0.05, 0.1) is 18.4 Å². The number of anilines is 1. The number of amides is 1. The fourth-order valence-electron chi connectivity index (χ4n) is 2.52. The molecule has 0 unspecified atom stereocenters. The van der Waals surface area contributed by atoms with Crippen molar-refractivity contribution in [2.45, 2.75) is 37.9 Å². The fraction of sp³-hybridized carbons (Fsp3) is 0.412. The summed E-state index contributed by atoms with van der Waals surface area (Å²) in [5, 5.41) is 11.9. The third-order valence-corrected chi connectivity index (χ3v) is 4.96. The highest BCUT2D eigenvalue weighted by atomic mass is 32.2. The Balaban J connectivity index is 1.64. The van der Waals surface area contributed by atoms with E-state index < -0.39 is 5.97 Å². The fourth-order valence-corrected chi connectivity index (χ4v) is 3.37. The predicted molar refractivity (Wildman–Crippen MR) is 94.9 cm³/mol. The monoisotopic (exact) mass is 360 g/mol. The number of ether oxygens (including phenoxy) is 1. The molecule has 1 aliphatic carbocycles. The number of hydrogen-bond acceptors (Lipinski definition) is 6. The van der Waals surface area contributed by atoms with Gasteiger partial charge in [0.2, 0.25) is 5.91 Å². The highest BCUT2D eigenvalue weighted by Gasteiger charge is 2.28. The molecular weight excluding hydrogens is 340 g/mol. The van der Waals surface area contributed by atoms with E-state index in [1.807, 2.05) is 13.8 Å². The maximum atomic E-state index is 12.3. The molecule has 0 spiro atoms. The Labute approximate surface area is 150 Å². The Morgan fingerprint density at radius 1 is 1.32 bits per heavy atom. The van der Waals surface area contributed by atoms with Gasteiger partial charge >= 0.3 is 5.97 Å². The normalized spacial score (nSPS) is 13.6. The van der Waals surface area contributed by atoms with Crippen LogP contribution in [0, 0.1) is 13.8 Å². The number of methoxy groups -OCH3 is 1. The number of nitrogens with one attached hydrogen (secondary N) is 1. The van der Waals surface area contributed by atoms with E-state index in [0.29, 0.717) is 17.3 Å². The van der Waals surface area contributed by atoms with Gasteiger partial charge in [-0.1, -0.05) is 17.8 Å². The van der Waals surface area contributed by atoms with Crippen molar-refractivity contribution < 1.29 is 14.3 Å². The number of hydrogen-bond donors (Lipinski definition) is 1. The van der Waals surface area contributed by atoms with Crippen molar-refractivity contribution in [3.05, 3.63) is 35.2 Å². The average Bonchev–Trinajstić information content (AvgIpc) is 3.37. The van der Waals surface area contributed by atoms with E-state index in [2.05, 4.69) is 20.1 Å². The molecule has 0 aliphatic heterocycles. The summed E-state index contributed by atoms with van der Waals surface area (Å²) in [5.41, 5.74) is 1.89. The van der Waals surface area contributed by atoms with Crippen LogP contribution >= 0.6 is 11.8 Å². The molecule has 1 heterocycles. The largest absolute Gasteiger partial charge is 0.465 e. The van der Waals surface area contributed by atoms with E-state index in [4.69, 9.17) is 4.74 Å². The Morgan fingerprint density at radius 3 is 2.76 bits per heavy atom. The minimum absolute atomic E-state index is 0.155. The van der Waals surface area contributed by atoms with Crippen molar-refractivity contribution >= 4 is 29.3 Å². The topological polar surface area (TPSA) is 86.1 Å². The van der Waals surface area contributed by atoms with Gasteiger partial charge in [-0.3, -0.25) is 4.79 Å². The molecule has 1 amide bonds. The molecule has 1 N–H and O–H groups in total. The average molecular weight is 360 g/mol. The van der Waals surface area contributed by atoms with Crippen LogP contribution in [0.15, 0.2) is 23.4 Å². The van der Waals surface area contributed by atoms with Gasteiger partial charge in [-0.2, -0.15) is 0 Å². The van der Waals surface area contributed by atoms with Crippen molar-refractivity contribution in [2.24, 2.45) is 0 Å². The van der Waals surface area contributed by atoms with Crippen LogP contribution in [0.4, 0.5) is 5.69 Å². The number of thioether (sulfide) groups is 1. The first kappa shape index (κ1) is 17.5. The lowest BCUT2D eigenvalue weighted by molar-refractivity contribution is -0.113. The van der Waals surface area contributed by atoms with Crippen LogP contribution in [-0.2, 0) is 9.53 Å². The second kappa shape index (κ2) is 7.26. The number of esters is 1. The zero-order valence-electron chi connectivity index (χ0n) is 14.4. The number of carbonyl (C=O) groups is 2. The van der Waals surface area contributed by atoms with Gasteiger partial charge in [0.25, 0.3) is 0 Å². The molecule has 0 atom stereocenters. The van der Waals surface area contributed by atoms with Crippen LogP contribution in [0.2, 0.25) is 0 Å². The molecule has 132 valence electrons. The van der Waals surface area contributed by atoms with Gasteiger partial charge in [0.1, 0.15) is 5.82 Å². The summed E-state index contributed by atoms with van der Waals surface area (Å²) in [7, 11) is 1.33. The first-order chi connectivity index (χ1) is 12.0. The van der Waals surface area contributed by atoms with E-state index in [-0.39, 0.29) is 11.7 Å². The quantitative estimate of drug-likeness (QED) is 0.630. The van der Waals surface area contributed by atoms with Crippen molar-refractivity contribution in [1.82, 2.24) is 14.8 Å². The van der Waals surface area contributed by atoms with E-state index in [9.17, 15) is 9.59 Å². The third kappa shape index (κ3) is 4.01. The van der Waals surface area contributed by atoms with Gasteiger partial charge in [-0.25, -0.2) is 4.79 Å². The van der Waals surface area contributed by atoms with Crippen LogP contribution in [0.1, 0.15) is 40.6 Å². The van der Waals surface area contributed by atoms with Crippen LogP contribution in [0.3, 0.4) is 0 Å². The molecule has 2 aromatic rings. The Bertz CT molecular complexity index is 814. The molecule has 1 saturated carbocycles. The first-order valence-electron chi connectivity index (χ1n) is 8.02. The number of rotatable bonds is 6. The van der Waals surface area contributed by atoms with Gasteiger partial charge in [0.15, 0.2) is 5.16 Å². The van der Waals surface area contributed by atoms with Crippen molar-refractivity contribution in [2.75, 3.05) is 18.2 Å².